The molecule has 2 saturated heterocycles. The smallest absolute Gasteiger partial charge is 0.227 e. The molecule has 0 saturated carbocycles. The fraction of sp³-hybridized carbons (Fsp3) is 0.688. The van der Waals surface area contributed by atoms with Gasteiger partial charge < -0.3 is 14.4 Å². The SMILES string of the molecule is COC[C@]12CCCO[C@H]1CCN(C(=O)Cc1ccsc1)C2. The molecule has 3 heterocycles. The first-order valence-electron chi connectivity index (χ1n) is 7.63. The van der Waals surface area contributed by atoms with Gasteiger partial charge in [-0.05, 0) is 41.7 Å². The Morgan fingerprint density at radius 2 is 2.52 bits per heavy atom. The lowest BCUT2D eigenvalue weighted by atomic mass is 9.73. The van der Waals surface area contributed by atoms with Crippen LogP contribution < -0.4 is 0 Å². The maximum atomic E-state index is 12.5. The van der Waals surface area contributed by atoms with Crippen LogP contribution >= 0.6 is 11.3 Å². The van der Waals surface area contributed by atoms with E-state index in [9.17, 15) is 4.79 Å². The number of rotatable bonds is 4. The molecule has 4 nitrogen and oxygen atoms in total. The highest BCUT2D eigenvalue weighted by atomic mass is 32.1. The summed E-state index contributed by atoms with van der Waals surface area (Å²) in [6.07, 6.45) is 3.84. The summed E-state index contributed by atoms with van der Waals surface area (Å²) in [5.74, 6) is 0.230. The molecule has 0 unspecified atom stereocenters. The van der Waals surface area contributed by atoms with Crippen molar-refractivity contribution in [2.45, 2.75) is 31.8 Å². The van der Waals surface area contributed by atoms with Crippen molar-refractivity contribution in [3.05, 3.63) is 22.4 Å². The Kier molecular flexibility index (Phi) is 4.62. The third-order valence-electron chi connectivity index (χ3n) is 4.71. The van der Waals surface area contributed by atoms with Gasteiger partial charge in [0.25, 0.3) is 0 Å². The van der Waals surface area contributed by atoms with Gasteiger partial charge in [-0.1, -0.05) is 0 Å². The van der Waals surface area contributed by atoms with Crippen LogP contribution in [0.25, 0.3) is 0 Å². The van der Waals surface area contributed by atoms with Gasteiger partial charge in [-0.2, -0.15) is 11.3 Å². The normalized spacial score (nSPS) is 29.2. The van der Waals surface area contributed by atoms with Crippen molar-refractivity contribution >= 4 is 17.2 Å². The molecule has 2 aliphatic heterocycles. The van der Waals surface area contributed by atoms with E-state index in [4.69, 9.17) is 9.47 Å². The van der Waals surface area contributed by atoms with Crippen molar-refractivity contribution in [2.24, 2.45) is 5.41 Å². The van der Waals surface area contributed by atoms with E-state index in [0.717, 1.165) is 44.5 Å². The first-order valence-corrected chi connectivity index (χ1v) is 8.57. The van der Waals surface area contributed by atoms with E-state index in [1.54, 1.807) is 18.4 Å². The lowest BCUT2D eigenvalue weighted by Gasteiger charge is -2.50. The van der Waals surface area contributed by atoms with Crippen LogP contribution in [0.3, 0.4) is 0 Å². The summed E-state index contributed by atoms with van der Waals surface area (Å²) in [5.41, 5.74) is 1.11. The van der Waals surface area contributed by atoms with Gasteiger partial charge in [-0.3, -0.25) is 4.79 Å². The number of thiophene rings is 1. The summed E-state index contributed by atoms with van der Waals surface area (Å²) in [5, 5.41) is 4.08. The molecule has 1 aromatic rings. The minimum absolute atomic E-state index is 0.00441. The van der Waals surface area contributed by atoms with Crippen LogP contribution in [0.2, 0.25) is 0 Å². The molecule has 21 heavy (non-hydrogen) atoms. The van der Waals surface area contributed by atoms with Crippen molar-refractivity contribution in [3.63, 3.8) is 0 Å². The zero-order chi connectivity index (χ0) is 14.7. The molecular weight excluding hydrogens is 286 g/mol. The molecule has 5 heteroatoms. The van der Waals surface area contributed by atoms with E-state index in [1.807, 2.05) is 16.3 Å². The predicted octanol–water partition coefficient (Wildman–Crippen LogP) is 2.33. The molecule has 3 rings (SSSR count). The Balaban J connectivity index is 1.69. The van der Waals surface area contributed by atoms with Gasteiger partial charge in [-0.15, -0.1) is 0 Å². The van der Waals surface area contributed by atoms with Crippen molar-refractivity contribution in [2.75, 3.05) is 33.4 Å². The lowest BCUT2D eigenvalue weighted by Crippen LogP contribution is -2.58. The third kappa shape index (κ3) is 3.15. The quantitative estimate of drug-likeness (QED) is 0.857. The second-order valence-corrected chi connectivity index (χ2v) is 6.95. The standard InChI is InChI=1S/C16H23NO3S/c1-19-12-16-5-2-7-20-14(16)3-6-17(11-16)15(18)9-13-4-8-21-10-13/h4,8,10,14H,2-3,5-7,9,11-12H2,1H3/t14-,16+/m0/s1. The van der Waals surface area contributed by atoms with E-state index in [2.05, 4.69) is 5.38 Å². The Bertz CT molecular complexity index is 472. The number of amides is 1. The number of carbonyl (C=O) groups excluding carboxylic acids is 1. The molecule has 0 N–H and O–H groups in total. The number of carbonyl (C=O) groups is 1. The summed E-state index contributed by atoms with van der Waals surface area (Å²) < 4.78 is 11.4. The molecule has 116 valence electrons. The van der Waals surface area contributed by atoms with Gasteiger partial charge in [-0.25, -0.2) is 0 Å². The van der Waals surface area contributed by atoms with E-state index in [1.165, 1.54) is 0 Å². The number of hydrogen-bond donors (Lipinski definition) is 0. The fourth-order valence-electron chi connectivity index (χ4n) is 3.68. The van der Waals surface area contributed by atoms with Gasteiger partial charge in [0.15, 0.2) is 0 Å². The average Bonchev–Trinajstić information content (AvgIpc) is 2.99. The molecule has 0 spiro atoms. The Morgan fingerprint density at radius 1 is 1.62 bits per heavy atom. The van der Waals surface area contributed by atoms with Crippen LogP contribution in [0.4, 0.5) is 0 Å². The number of methoxy groups -OCH3 is 1. The Hall–Kier alpha value is -0.910. The number of piperidine rings is 1. The summed E-state index contributed by atoms with van der Waals surface area (Å²) >= 11 is 1.64. The van der Waals surface area contributed by atoms with Crippen LogP contribution in [0.5, 0.6) is 0 Å². The highest BCUT2D eigenvalue weighted by Crippen LogP contribution is 2.40. The maximum Gasteiger partial charge on any atom is 0.227 e. The summed E-state index contributed by atoms with van der Waals surface area (Å²) in [6.45, 7) is 3.10. The Morgan fingerprint density at radius 3 is 3.29 bits per heavy atom. The van der Waals surface area contributed by atoms with Crippen molar-refractivity contribution < 1.29 is 14.3 Å². The molecule has 1 aromatic heterocycles. The van der Waals surface area contributed by atoms with Crippen molar-refractivity contribution in [1.82, 2.24) is 4.90 Å². The summed E-state index contributed by atoms with van der Waals surface area (Å²) in [6, 6.07) is 2.03. The van der Waals surface area contributed by atoms with Gasteiger partial charge in [0, 0.05) is 32.2 Å². The minimum atomic E-state index is -0.00441. The minimum Gasteiger partial charge on any atom is -0.384 e. The van der Waals surface area contributed by atoms with E-state index < -0.39 is 0 Å². The summed E-state index contributed by atoms with van der Waals surface area (Å²) in [4.78, 5) is 14.6. The zero-order valence-corrected chi connectivity index (χ0v) is 13.4. The van der Waals surface area contributed by atoms with E-state index in [0.29, 0.717) is 13.0 Å². The largest absolute Gasteiger partial charge is 0.384 e. The van der Waals surface area contributed by atoms with Crippen LogP contribution in [-0.4, -0.2) is 50.3 Å². The van der Waals surface area contributed by atoms with E-state index >= 15 is 0 Å². The number of fused-ring (bicyclic) bond motifs is 1. The van der Waals surface area contributed by atoms with Gasteiger partial charge in [0.2, 0.25) is 5.91 Å². The van der Waals surface area contributed by atoms with Crippen molar-refractivity contribution in [1.29, 1.82) is 0 Å². The summed E-state index contributed by atoms with van der Waals surface area (Å²) in [7, 11) is 1.74. The second kappa shape index (κ2) is 6.46. The van der Waals surface area contributed by atoms with Crippen LogP contribution in [0, 0.1) is 5.41 Å². The number of hydrogen-bond acceptors (Lipinski definition) is 4. The third-order valence-corrected chi connectivity index (χ3v) is 5.44. The number of nitrogens with zero attached hydrogens (tertiary/aromatic N) is 1. The van der Waals surface area contributed by atoms with E-state index in [-0.39, 0.29) is 17.4 Å². The highest BCUT2D eigenvalue weighted by molar-refractivity contribution is 7.07. The van der Waals surface area contributed by atoms with Gasteiger partial charge in [0.05, 0.1) is 19.1 Å². The molecule has 2 aliphatic rings. The average molecular weight is 309 g/mol. The number of likely N-dealkylation sites (tertiary alicyclic amines) is 1. The molecule has 2 fully saturated rings. The molecule has 2 atom stereocenters. The first kappa shape index (κ1) is 15.0. The van der Waals surface area contributed by atoms with Crippen LogP contribution in [0.1, 0.15) is 24.8 Å². The second-order valence-electron chi connectivity index (χ2n) is 6.17. The zero-order valence-electron chi connectivity index (χ0n) is 12.5. The molecular formula is C16H23NO3S. The molecule has 0 aliphatic carbocycles. The van der Waals surface area contributed by atoms with Gasteiger partial charge >= 0.3 is 0 Å². The molecule has 1 amide bonds. The van der Waals surface area contributed by atoms with Gasteiger partial charge in [0.1, 0.15) is 0 Å². The molecule has 0 radical (unpaired) electrons. The molecule has 0 aromatic carbocycles. The first-order chi connectivity index (χ1) is 10.2. The van der Waals surface area contributed by atoms with Crippen LogP contribution in [-0.2, 0) is 20.7 Å². The fourth-order valence-corrected chi connectivity index (χ4v) is 4.35. The highest BCUT2D eigenvalue weighted by Gasteiger charge is 2.46. The lowest BCUT2D eigenvalue weighted by molar-refractivity contribution is -0.161. The molecule has 0 bridgehead atoms. The monoisotopic (exact) mass is 309 g/mol. The Labute approximate surface area is 130 Å². The maximum absolute atomic E-state index is 12.5. The number of ether oxygens (including phenoxy) is 2. The topological polar surface area (TPSA) is 38.8 Å². The predicted molar refractivity (Wildman–Crippen MR) is 82.5 cm³/mol. The van der Waals surface area contributed by atoms with Crippen molar-refractivity contribution in [3.8, 4) is 0 Å². The van der Waals surface area contributed by atoms with Crippen LogP contribution in [0.15, 0.2) is 16.8 Å².